The van der Waals surface area contributed by atoms with Crippen LogP contribution in [-0.2, 0) is 4.74 Å². The summed E-state index contributed by atoms with van der Waals surface area (Å²) in [6, 6.07) is 0. The number of fused-ring (bicyclic) bond motifs is 1. The highest BCUT2D eigenvalue weighted by Gasteiger charge is 2.43. The van der Waals surface area contributed by atoms with Crippen LogP contribution >= 0.6 is 0 Å². The quantitative estimate of drug-likeness (QED) is 0.434. The molecule has 1 saturated heterocycles. The maximum Gasteiger partial charge on any atom is 0.167 e. The average molecular weight is 303 g/mol. The molecule has 0 aromatic carbocycles. The van der Waals surface area contributed by atoms with Gasteiger partial charge in [0.05, 0.1) is 12.9 Å². The Balaban J connectivity index is 0.00000110. The highest BCUT2D eigenvalue weighted by atomic mass is 16.6. The topological polar surface area (TPSA) is 203 Å². The number of nitrogens with zero attached hydrogens (tertiary/aromatic N) is 4. The number of aliphatic hydroxyl groups is 3. The Morgan fingerprint density at radius 1 is 1.19 bits per heavy atom. The first-order valence-corrected chi connectivity index (χ1v) is 5.69. The van der Waals surface area contributed by atoms with Crippen LogP contribution in [0.25, 0.3) is 11.2 Å². The molecule has 4 unspecified atom stereocenters. The Kier molecular flexibility index (Phi) is 5.11. The van der Waals surface area contributed by atoms with Crippen LogP contribution < -0.4 is 5.73 Å². The van der Waals surface area contributed by atoms with Crippen LogP contribution in [0, 0.1) is 0 Å². The molecule has 2 aromatic heterocycles. The van der Waals surface area contributed by atoms with Gasteiger partial charge in [0.1, 0.15) is 30.2 Å². The van der Waals surface area contributed by atoms with E-state index in [2.05, 4.69) is 15.0 Å². The number of nitrogens with two attached hydrogens (primary N) is 1. The molecule has 2 aromatic rings. The summed E-state index contributed by atoms with van der Waals surface area (Å²) in [5, 5.41) is 28.7. The van der Waals surface area contributed by atoms with Gasteiger partial charge in [0.25, 0.3) is 0 Å². The maximum atomic E-state index is 9.95. The number of hydrogen-bond donors (Lipinski definition) is 4. The van der Waals surface area contributed by atoms with E-state index in [1.165, 1.54) is 17.2 Å². The lowest BCUT2D eigenvalue weighted by Gasteiger charge is -2.16. The van der Waals surface area contributed by atoms with Crippen molar-refractivity contribution in [3.63, 3.8) is 0 Å². The number of anilines is 1. The standard InChI is InChI=1S/C10H13N5O4.2H2O/c11-8-5-9(13-2-12-8)15(3-14-5)10-7(18)6(17)4(1-16)19-10;;/h2-4,6-7,10,16-18H,1H2,(H2,11,12,13);2*1H2. The molecule has 1 fully saturated rings. The summed E-state index contributed by atoms with van der Waals surface area (Å²) in [4.78, 5) is 11.9. The van der Waals surface area contributed by atoms with Gasteiger partial charge in [-0.3, -0.25) is 4.57 Å². The van der Waals surface area contributed by atoms with Gasteiger partial charge in [-0.25, -0.2) is 15.0 Å². The zero-order valence-electron chi connectivity index (χ0n) is 10.8. The first kappa shape index (κ1) is 17.2. The fourth-order valence-corrected chi connectivity index (χ4v) is 2.17. The summed E-state index contributed by atoms with van der Waals surface area (Å²) in [6.45, 7) is -0.390. The lowest BCUT2D eigenvalue weighted by Crippen LogP contribution is -2.33. The van der Waals surface area contributed by atoms with E-state index in [1.807, 2.05) is 0 Å². The van der Waals surface area contributed by atoms with Gasteiger partial charge in [-0.2, -0.15) is 0 Å². The highest BCUT2D eigenvalue weighted by Crippen LogP contribution is 2.31. The molecule has 0 bridgehead atoms. The van der Waals surface area contributed by atoms with Crippen molar-refractivity contribution in [2.75, 3.05) is 12.3 Å². The largest absolute Gasteiger partial charge is 0.412 e. The van der Waals surface area contributed by atoms with E-state index in [0.717, 1.165) is 0 Å². The van der Waals surface area contributed by atoms with Gasteiger partial charge in [-0.1, -0.05) is 0 Å². The van der Waals surface area contributed by atoms with E-state index in [1.54, 1.807) is 0 Å². The lowest BCUT2D eigenvalue weighted by atomic mass is 10.1. The summed E-state index contributed by atoms with van der Waals surface area (Å²) in [7, 11) is 0. The summed E-state index contributed by atoms with van der Waals surface area (Å²) in [6.07, 6.45) is -1.42. The molecule has 3 heterocycles. The molecule has 3 rings (SSSR count). The normalized spacial score (nSPS) is 28.1. The molecule has 0 aliphatic carbocycles. The third kappa shape index (κ3) is 2.53. The van der Waals surface area contributed by atoms with E-state index in [0.29, 0.717) is 11.2 Å². The van der Waals surface area contributed by atoms with Crippen molar-refractivity contribution in [2.24, 2.45) is 0 Å². The smallest absolute Gasteiger partial charge is 0.167 e. The van der Waals surface area contributed by atoms with Crippen LogP contribution in [0.4, 0.5) is 5.82 Å². The summed E-state index contributed by atoms with van der Waals surface area (Å²) < 4.78 is 6.85. The van der Waals surface area contributed by atoms with Gasteiger partial charge >= 0.3 is 0 Å². The number of imidazole rings is 1. The second kappa shape index (κ2) is 6.26. The maximum absolute atomic E-state index is 9.95. The molecule has 1 aliphatic rings. The number of rotatable bonds is 2. The van der Waals surface area contributed by atoms with Crippen LogP contribution in [0.1, 0.15) is 6.23 Å². The second-order valence-corrected chi connectivity index (χ2v) is 4.31. The van der Waals surface area contributed by atoms with Gasteiger partial charge in [-0.05, 0) is 0 Å². The number of nitrogen functional groups attached to an aromatic ring is 1. The van der Waals surface area contributed by atoms with E-state index in [4.69, 9.17) is 15.6 Å². The predicted octanol–water partition coefficient (Wildman–Crippen LogP) is -3.63. The van der Waals surface area contributed by atoms with Crippen LogP contribution in [0.5, 0.6) is 0 Å². The van der Waals surface area contributed by atoms with E-state index in [9.17, 15) is 10.2 Å². The monoisotopic (exact) mass is 303 g/mol. The Morgan fingerprint density at radius 3 is 2.52 bits per heavy atom. The average Bonchev–Trinajstić information content (AvgIpc) is 2.94. The van der Waals surface area contributed by atoms with Crippen molar-refractivity contribution in [3.05, 3.63) is 12.7 Å². The van der Waals surface area contributed by atoms with Gasteiger partial charge in [0, 0.05) is 0 Å². The molecule has 21 heavy (non-hydrogen) atoms. The molecule has 0 spiro atoms. The van der Waals surface area contributed by atoms with Crippen molar-refractivity contribution in [2.45, 2.75) is 24.5 Å². The molecule has 4 atom stereocenters. The molecule has 118 valence electrons. The Labute approximate surface area is 118 Å². The van der Waals surface area contributed by atoms with Gasteiger partial charge in [0.15, 0.2) is 17.7 Å². The third-order valence-corrected chi connectivity index (χ3v) is 3.18. The van der Waals surface area contributed by atoms with Crippen molar-refractivity contribution in [1.29, 1.82) is 0 Å². The minimum atomic E-state index is -1.19. The highest BCUT2D eigenvalue weighted by molar-refractivity contribution is 5.81. The second-order valence-electron chi connectivity index (χ2n) is 4.31. The molecule has 0 radical (unpaired) electrons. The third-order valence-electron chi connectivity index (χ3n) is 3.18. The summed E-state index contributed by atoms with van der Waals surface area (Å²) in [5.41, 5.74) is 6.44. The van der Waals surface area contributed by atoms with Crippen LogP contribution in [0.2, 0.25) is 0 Å². The summed E-state index contributed by atoms with van der Waals surface area (Å²) in [5.74, 6) is 0.218. The predicted molar refractivity (Wildman–Crippen MR) is 70.0 cm³/mol. The first-order valence-electron chi connectivity index (χ1n) is 5.69. The lowest BCUT2D eigenvalue weighted by molar-refractivity contribution is -0.0511. The Morgan fingerprint density at radius 2 is 1.90 bits per heavy atom. The number of hydrogen-bond acceptors (Lipinski definition) is 8. The number of ether oxygens (including phenoxy) is 1. The Bertz CT molecular complexity index is 607. The molecule has 1 aliphatic heterocycles. The van der Waals surface area contributed by atoms with Crippen molar-refractivity contribution in [3.8, 4) is 0 Å². The fraction of sp³-hybridized carbons (Fsp3) is 0.500. The number of aromatic nitrogens is 4. The first-order chi connectivity index (χ1) is 9.13. The van der Waals surface area contributed by atoms with Crippen LogP contribution in [0.3, 0.4) is 0 Å². The zero-order chi connectivity index (χ0) is 13.6. The minimum absolute atomic E-state index is 0. The van der Waals surface area contributed by atoms with E-state index in [-0.39, 0.29) is 16.8 Å². The molecule has 11 nitrogen and oxygen atoms in total. The van der Waals surface area contributed by atoms with E-state index < -0.39 is 31.1 Å². The van der Waals surface area contributed by atoms with Gasteiger partial charge in [0.2, 0.25) is 0 Å². The fourth-order valence-electron chi connectivity index (χ4n) is 2.17. The molecule has 0 amide bonds. The van der Waals surface area contributed by atoms with Crippen molar-refractivity contribution in [1.82, 2.24) is 19.5 Å². The molecular formula is C10H17N5O6. The molecule has 11 heteroatoms. The molecule has 9 N–H and O–H groups in total. The molecule has 0 saturated carbocycles. The van der Waals surface area contributed by atoms with Crippen LogP contribution in [0.15, 0.2) is 12.7 Å². The van der Waals surface area contributed by atoms with Gasteiger partial charge < -0.3 is 36.7 Å². The SMILES string of the molecule is Nc1ncnc2c1ncn2C1OC(CO)C(O)C1O.O.O. The van der Waals surface area contributed by atoms with Crippen LogP contribution in [-0.4, -0.2) is 70.7 Å². The zero-order valence-corrected chi connectivity index (χ0v) is 10.8. The van der Waals surface area contributed by atoms with Gasteiger partial charge in [-0.15, -0.1) is 0 Å². The van der Waals surface area contributed by atoms with E-state index >= 15 is 0 Å². The number of aliphatic hydroxyl groups excluding tert-OH is 3. The van der Waals surface area contributed by atoms with Crippen molar-refractivity contribution < 1.29 is 31.0 Å². The minimum Gasteiger partial charge on any atom is -0.412 e. The summed E-state index contributed by atoms with van der Waals surface area (Å²) >= 11 is 0. The molecular weight excluding hydrogens is 286 g/mol. The Hall–Kier alpha value is -1.89. The van der Waals surface area contributed by atoms with Crippen molar-refractivity contribution >= 4 is 17.0 Å².